The van der Waals surface area contributed by atoms with Gasteiger partial charge >= 0.3 is 0 Å². The molecule has 2 atom stereocenters. The van der Waals surface area contributed by atoms with Crippen LogP contribution >= 0.6 is 11.8 Å². The molecular weight excluding hydrogens is 192 g/mol. The summed E-state index contributed by atoms with van der Waals surface area (Å²) in [5.74, 6) is 1.31. The lowest BCUT2D eigenvalue weighted by Gasteiger charge is -2.12. The number of hydrogen-bond donors (Lipinski definition) is 1. The van der Waals surface area contributed by atoms with Gasteiger partial charge in [-0.15, -0.1) is 0 Å². The Bertz CT molecular complexity index is 150. The van der Waals surface area contributed by atoms with Crippen molar-refractivity contribution in [2.24, 2.45) is 0 Å². The van der Waals surface area contributed by atoms with Crippen LogP contribution in [0.15, 0.2) is 0 Å². The molecule has 1 heterocycles. The molecule has 1 saturated heterocycles. The molecule has 0 bridgehead atoms. The van der Waals surface area contributed by atoms with Gasteiger partial charge in [0.2, 0.25) is 0 Å². The molecule has 0 aliphatic carbocycles. The zero-order valence-electron chi connectivity index (χ0n) is 9.75. The Balaban J connectivity index is 1.89. The molecule has 1 rings (SSSR count). The molecular formula is C11H24N2S. The van der Waals surface area contributed by atoms with E-state index in [1.165, 1.54) is 38.1 Å². The predicted molar refractivity (Wildman–Crippen MR) is 66.1 cm³/mol. The summed E-state index contributed by atoms with van der Waals surface area (Å²) in [6.45, 7) is 4.75. The van der Waals surface area contributed by atoms with Gasteiger partial charge in [-0.3, -0.25) is 0 Å². The molecule has 1 aliphatic rings. The van der Waals surface area contributed by atoms with Gasteiger partial charge < -0.3 is 10.2 Å². The summed E-state index contributed by atoms with van der Waals surface area (Å²) in [5, 5.41) is 4.52. The first-order valence-corrected chi connectivity index (χ1v) is 6.73. The normalized spacial score (nSPS) is 27.4. The molecule has 0 radical (unpaired) electrons. The van der Waals surface area contributed by atoms with Crippen LogP contribution in [0.2, 0.25) is 0 Å². The van der Waals surface area contributed by atoms with E-state index in [9.17, 15) is 0 Å². The van der Waals surface area contributed by atoms with Gasteiger partial charge in [-0.25, -0.2) is 0 Å². The van der Waals surface area contributed by atoms with Crippen LogP contribution in [-0.4, -0.2) is 49.1 Å². The SMILES string of the molecule is CC1CC(NCCCCN(C)C)CS1. The first-order valence-electron chi connectivity index (χ1n) is 5.68. The standard InChI is InChI=1S/C11H24N2S/c1-10-8-11(9-14-10)12-6-4-5-7-13(2)3/h10-12H,4-9H2,1-3H3. The average Bonchev–Trinajstić information content (AvgIpc) is 2.50. The lowest BCUT2D eigenvalue weighted by atomic mass is 10.2. The van der Waals surface area contributed by atoms with Crippen LogP contribution < -0.4 is 5.32 Å². The highest BCUT2D eigenvalue weighted by Crippen LogP contribution is 2.25. The quantitative estimate of drug-likeness (QED) is 0.682. The molecule has 0 aromatic rings. The second-order valence-corrected chi connectivity index (χ2v) is 6.01. The Morgan fingerprint density at radius 1 is 1.36 bits per heavy atom. The van der Waals surface area contributed by atoms with Gasteiger partial charge in [-0.2, -0.15) is 11.8 Å². The predicted octanol–water partition coefficient (Wildman–Crippen LogP) is 1.81. The highest BCUT2D eigenvalue weighted by molar-refractivity contribution is 8.00. The number of nitrogens with zero attached hydrogens (tertiary/aromatic N) is 1. The van der Waals surface area contributed by atoms with Crippen LogP contribution in [0.4, 0.5) is 0 Å². The van der Waals surface area contributed by atoms with Crippen LogP contribution in [0.3, 0.4) is 0 Å². The van der Waals surface area contributed by atoms with E-state index in [0.717, 1.165) is 11.3 Å². The Kier molecular flexibility index (Phi) is 5.90. The zero-order valence-corrected chi connectivity index (χ0v) is 10.6. The molecule has 2 nitrogen and oxygen atoms in total. The molecule has 3 heteroatoms. The molecule has 0 aromatic heterocycles. The van der Waals surface area contributed by atoms with Crippen LogP contribution in [0.25, 0.3) is 0 Å². The maximum Gasteiger partial charge on any atom is 0.0168 e. The summed E-state index contributed by atoms with van der Waals surface area (Å²) in [4.78, 5) is 2.26. The average molecular weight is 216 g/mol. The van der Waals surface area contributed by atoms with Gasteiger partial charge in [0.25, 0.3) is 0 Å². The van der Waals surface area contributed by atoms with Crippen molar-refractivity contribution < 1.29 is 0 Å². The van der Waals surface area contributed by atoms with E-state index >= 15 is 0 Å². The Labute approximate surface area is 92.8 Å². The molecule has 1 fully saturated rings. The monoisotopic (exact) mass is 216 g/mol. The number of rotatable bonds is 6. The second kappa shape index (κ2) is 6.70. The van der Waals surface area contributed by atoms with Crippen molar-refractivity contribution in [1.82, 2.24) is 10.2 Å². The van der Waals surface area contributed by atoms with Gasteiger partial charge in [-0.05, 0) is 46.4 Å². The summed E-state index contributed by atoms with van der Waals surface area (Å²) in [5.41, 5.74) is 0. The maximum absolute atomic E-state index is 3.65. The van der Waals surface area contributed by atoms with Gasteiger partial charge in [0.15, 0.2) is 0 Å². The van der Waals surface area contributed by atoms with Crippen molar-refractivity contribution in [2.45, 2.75) is 37.5 Å². The zero-order chi connectivity index (χ0) is 10.4. The van der Waals surface area contributed by atoms with E-state index in [-0.39, 0.29) is 0 Å². The van der Waals surface area contributed by atoms with Crippen molar-refractivity contribution in [3.05, 3.63) is 0 Å². The first kappa shape index (κ1) is 12.3. The third kappa shape index (κ3) is 5.23. The van der Waals surface area contributed by atoms with E-state index in [0.29, 0.717) is 0 Å². The summed E-state index contributed by atoms with van der Waals surface area (Å²) in [7, 11) is 4.28. The Hall–Kier alpha value is 0.270. The first-order chi connectivity index (χ1) is 6.68. The lowest BCUT2D eigenvalue weighted by Crippen LogP contribution is -2.30. The van der Waals surface area contributed by atoms with Crippen molar-refractivity contribution in [2.75, 3.05) is 32.9 Å². The Morgan fingerprint density at radius 2 is 2.14 bits per heavy atom. The topological polar surface area (TPSA) is 15.3 Å². The van der Waals surface area contributed by atoms with Crippen LogP contribution in [0, 0.1) is 0 Å². The fourth-order valence-electron chi connectivity index (χ4n) is 1.82. The third-order valence-electron chi connectivity index (χ3n) is 2.66. The minimum Gasteiger partial charge on any atom is -0.313 e. The largest absolute Gasteiger partial charge is 0.313 e. The molecule has 0 spiro atoms. The van der Waals surface area contributed by atoms with Gasteiger partial charge in [0.05, 0.1) is 0 Å². The van der Waals surface area contributed by atoms with Gasteiger partial charge in [0, 0.05) is 17.0 Å². The maximum atomic E-state index is 3.65. The molecule has 1 N–H and O–H groups in total. The lowest BCUT2D eigenvalue weighted by molar-refractivity contribution is 0.388. The Morgan fingerprint density at radius 3 is 2.71 bits per heavy atom. The van der Waals surface area contributed by atoms with E-state index in [1.54, 1.807) is 0 Å². The van der Waals surface area contributed by atoms with Crippen molar-refractivity contribution in [1.29, 1.82) is 0 Å². The summed E-state index contributed by atoms with van der Waals surface area (Å²) in [6.07, 6.45) is 3.99. The van der Waals surface area contributed by atoms with E-state index < -0.39 is 0 Å². The molecule has 2 unspecified atom stereocenters. The summed E-state index contributed by atoms with van der Waals surface area (Å²) in [6, 6.07) is 0.786. The molecule has 14 heavy (non-hydrogen) atoms. The van der Waals surface area contributed by atoms with Gasteiger partial charge in [0.1, 0.15) is 0 Å². The number of thioether (sulfide) groups is 1. The molecule has 0 saturated carbocycles. The van der Waals surface area contributed by atoms with Crippen LogP contribution in [-0.2, 0) is 0 Å². The van der Waals surface area contributed by atoms with E-state index in [2.05, 4.69) is 43.0 Å². The second-order valence-electron chi connectivity index (χ2n) is 4.54. The number of hydrogen-bond acceptors (Lipinski definition) is 3. The molecule has 1 aliphatic heterocycles. The third-order valence-corrected chi connectivity index (χ3v) is 4.02. The van der Waals surface area contributed by atoms with Crippen LogP contribution in [0.5, 0.6) is 0 Å². The van der Waals surface area contributed by atoms with Crippen molar-refractivity contribution in [3.63, 3.8) is 0 Å². The minimum atomic E-state index is 0.786. The molecule has 84 valence electrons. The summed E-state index contributed by atoms with van der Waals surface area (Å²) < 4.78 is 0. The van der Waals surface area contributed by atoms with E-state index in [4.69, 9.17) is 0 Å². The minimum absolute atomic E-state index is 0.786. The van der Waals surface area contributed by atoms with Crippen molar-refractivity contribution in [3.8, 4) is 0 Å². The molecule has 0 amide bonds. The van der Waals surface area contributed by atoms with Gasteiger partial charge in [-0.1, -0.05) is 6.92 Å². The van der Waals surface area contributed by atoms with E-state index in [1.807, 2.05) is 0 Å². The smallest absolute Gasteiger partial charge is 0.0168 e. The number of unbranched alkanes of at least 4 members (excludes halogenated alkanes) is 1. The molecule has 0 aromatic carbocycles. The fraction of sp³-hybridized carbons (Fsp3) is 1.00. The van der Waals surface area contributed by atoms with Crippen LogP contribution in [0.1, 0.15) is 26.2 Å². The number of nitrogens with one attached hydrogen (secondary N) is 1. The van der Waals surface area contributed by atoms with Crippen molar-refractivity contribution >= 4 is 11.8 Å². The highest BCUT2D eigenvalue weighted by Gasteiger charge is 2.20. The fourth-order valence-corrected chi connectivity index (χ4v) is 3.00. The summed E-state index contributed by atoms with van der Waals surface area (Å²) >= 11 is 2.10. The highest BCUT2D eigenvalue weighted by atomic mass is 32.2.